The minimum absolute atomic E-state index is 0.278. The Bertz CT molecular complexity index is 593. The number of amides is 1. The quantitative estimate of drug-likeness (QED) is 0.859. The van der Waals surface area contributed by atoms with Crippen LogP contribution in [0.25, 0.3) is 0 Å². The number of nitrogens with two attached hydrogens (primary N) is 1. The summed E-state index contributed by atoms with van der Waals surface area (Å²) in [6.45, 7) is 2.13. The maximum absolute atomic E-state index is 10.9. The molecule has 0 fully saturated rings. The molecule has 3 nitrogen and oxygen atoms in total. The molecule has 0 aliphatic carbocycles. The van der Waals surface area contributed by atoms with Crippen molar-refractivity contribution in [3.63, 3.8) is 0 Å². The van der Waals surface area contributed by atoms with Gasteiger partial charge in [-0.15, -0.1) is 0 Å². The molecule has 2 aromatic rings. The first-order valence-electron chi connectivity index (χ1n) is 6.91. The molecule has 0 saturated carbocycles. The number of carbonyl (C=O) groups excluding carboxylic acids is 1. The molecule has 0 heterocycles. The molecule has 110 valence electrons. The Balaban J connectivity index is 1.91. The van der Waals surface area contributed by atoms with Crippen LogP contribution in [0.2, 0.25) is 5.02 Å². The number of hydrogen-bond acceptors (Lipinski definition) is 2. The lowest BCUT2D eigenvalue weighted by Crippen LogP contribution is -2.18. The number of halogens is 1. The predicted molar refractivity (Wildman–Crippen MR) is 87.6 cm³/mol. The van der Waals surface area contributed by atoms with Gasteiger partial charge in [0.05, 0.1) is 6.42 Å². The first-order valence-corrected chi connectivity index (χ1v) is 7.29. The van der Waals surface area contributed by atoms with E-state index >= 15 is 0 Å². The number of rotatable bonds is 6. The van der Waals surface area contributed by atoms with Crippen LogP contribution in [0.5, 0.6) is 0 Å². The van der Waals surface area contributed by atoms with Gasteiger partial charge in [-0.1, -0.05) is 35.9 Å². The predicted octanol–water partition coefficient (Wildman–Crippen LogP) is 3.41. The summed E-state index contributed by atoms with van der Waals surface area (Å²) in [5, 5.41) is 4.19. The minimum atomic E-state index is -0.313. The molecule has 1 amide bonds. The van der Waals surface area contributed by atoms with Gasteiger partial charge in [-0.2, -0.15) is 0 Å². The molecule has 3 N–H and O–H groups in total. The first kappa shape index (κ1) is 15.4. The molecule has 1 atom stereocenters. The standard InChI is InChI=1S/C17H19ClN2O/c1-12(10-13-2-6-15(18)7-3-13)20-16-8-4-14(5-9-16)11-17(19)21/h2-9,12,20H,10-11H2,1H3,(H2,19,21). The normalized spacial score (nSPS) is 11.9. The van der Waals surface area contributed by atoms with E-state index in [0.29, 0.717) is 6.04 Å². The van der Waals surface area contributed by atoms with Crippen molar-refractivity contribution >= 4 is 23.2 Å². The van der Waals surface area contributed by atoms with Gasteiger partial charge >= 0.3 is 0 Å². The molecule has 2 rings (SSSR count). The molecule has 0 aliphatic rings. The number of carbonyl (C=O) groups is 1. The van der Waals surface area contributed by atoms with E-state index in [9.17, 15) is 4.79 Å². The van der Waals surface area contributed by atoms with Crippen LogP contribution in [0.1, 0.15) is 18.1 Å². The summed E-state index contributed by atoms with van der Waals surface area (Å²) in [4.78, 5) is 10.9. The second-order valence-corrected chi connectivity index (χ2v) is 5.65. The lowest BCUT2D eigenvalue weighted by atomic mass is 10.1. The largest absolute Gasteiger partial charge is 0.382 e. The van der Waals surface area contributed by atoms with Gasteiger partial charge in [0.2, 0.25) is 5.91 Å². The molecule has 0 spiro atoms. The zero-order valence-electron chi connectivity index (χ0n) is 12.0. The average Bonchev–Trinajstić information content (AvgIpc) is 2.43. The van der Waals surface area contributed by atoms with Gasteiger partial charge in [0.25, 0.3) is 0 Å². The molecule has 2 aromatic carbocycles. The number of anilines is 1. The van der Waals surface area contributed by atoms with Crippen molar-refractivity contribution in [3.05, 3.63) is 64.7 Å². The second-order valence-electron chi connectivity index (χ2n) is 5.22. The van der Waals surface area contributed by atoms with Crippen molar-refractivity contribution in [1.82, 2.24) is 0 Å². The van der Waals surface area contributed by atoms with Gasteiger partial charge in [0.15, 0.2) is 0 Å². The van der Waals surface area contributed by atoms with Gasteiger partial charge in [-0.25, -0.2) is 0 Å². The molecule has 0 bridgehead atoms. The fourth-order valence-electron chi connectivity index (χ4n) is 2.23. The van der Waals surface area contributed by atoms with Crippen LogP contribution < -0.4 is 11.1 Å². The molecule has 4 heteroatoms. The third kappa shape index (κ3) is 5.12. The van der Waals surface area contributed by atoms with Crippen molar-refractivity contribution in [2.45, 2.75) is 25.8 Å². The fraction of sp³-hybridized carbons (Fsp3) is 0.235. The lowest BCUT2D eigenvalue weighted by molar-refractivity contribution is -0.117. The third-order valence-electron chi connectivity index (χ3n) is 3.20. The highest BCUT2D eigenvalue weighted by atomic mass is 35.5. The van der Waals surface area contributed by atoms with E-state index in [0.717, 1.165) is 22.7 Å². The van der Waals surface area contributed by atoms with Crippen LogP contribution in [0.4, 0.5) is 5.69 Å². The van der Waals surface area contributed by atoms with E-state index in [2.05, 4.69) is 12.2 Å². The van der Waals surface area contributed by atoms with Gasteiger partial charge in [0, 0.05) is 16.8 Å². The monoisotopic (exact) mass is 302 g/mol. The van der Waals surface area contributed by atoms with Crippen molar-refractivity contribution in [3.8, 4) is 0 Å². The Hall–Kier alpha value is -2.00. The summed E-state index contributed by atoms with van der Waals surface area (Å²) in [6, 6.07) is 16.0. The summed E-state index contributed by atoms with van der Waals surface area (Å²) in [5.41, 5.74) is 8.38. The van der Waals surface area contributed by atoms with Crippen molar-refractivity contribution in [2.75, 3.05) is 5.32 Å². The molecule has 0 saturated heterocycles. The summed E-state index contributed by atoms with van der Waals surface area (Å²) >= 11 is 5.88. The Morgan fingerprint density at radius 2 is 1.67 bits per heavy atom. The third-order valence-corrected chi connectivity index (χ3v) is 3.45. The van der Waals surface area contributed by atoms with Crippen LogP contribution >= 0.6 is 11.6 Å². The highest BCUT2D eigenvalue weighted by Crippen LogP contribution is 2.15. The molecular formula is C17H19ClN2O. The van der Waals surface area contributed by atoms with Gasteiger partial charge in [-0.05, 0) is 48.7 Å². The second kappa shape index (κ2) is 7.14. The zero-order chi connectivity index (χ0) is 15.2. The number of nitrogens with one attached hydrogen (secondary N) is 1. The first-order chi connectivity index (χ1) is 10.0. The smallest absolute Gasteiger partial charge is 0.221 e. The van der Waals surface area contributed by atoms with E-state index in [4.69, 9.17) is 17.3 Å². The minimum Gasteiger partial charge on any atom is -0.382 e. The van der Waals surface area contributed by atoms with E-state index in [-0.39, 0.29) is 12.3 Å². The molecule has 1 unspecified atom stereocenters. The number of benzene rings is 2. The number of primary amides is 1. The fourth-order valence-corrected chi connectivity index (χ4v) is 2.36. The van der Waals surface area contributed by atoms with Crippen LogP contribution in [-0.2, 0) is 17.6 Å². The van der Waals surface area contributed by atoms with Gasteiger partial charge in [-0.3, -0.25) is 4.79 Å². The molecule has 0 radical (unpaired) electrons. The Kier molecular flexibility index (Phi) is 5.23. The SMILES string of the molecule is CC(Cc1ccc(Cl)cc1)Nc1ccc(CC(N)=O)cc1. The maximum atomic E-state index is 10.9. The van der Waals surface area contributed by atoms with Crippen LogP contribution in [0, 0.1) is 0 Å². The van der Waals surface area contributed by atoms with Crippen LogP contribution in [0.15, 0.2) is 48.5 Å². The van der Waals surface area contributed by atoms with Crippen molar-refractivity contribution < 1.29 is 4.79 Å². The van der Waals surface area contributed by atoms with Crippen LogP contribution in [0.3, 0.4) is 0 Å². The molecular weight excluding hydrogens is 284 g/mol. The summed E-state index contributed by atoms with van der Waals surface area (Å²) in [5.74, 6) is -0.313. The van der Waals surface area contributed by atoms with E-state index in [1.54, 1.807) is 0 Å². The summed E-state index contributed by atoms with van der Waals surface area (Å²) in [7, 11) is 0. The summed E-state index contributed by atoms with van der Waals surface area (Å²) in [6.07, 6.45) is 1.20. The van der Waals surface area contributed by atoms with Gasteiger partial charge in [0.1, 0.15) is 0 Å². The Morgan fingerprint density at radius 3 is 2.24 bits per heavy atom. The topological polar surface area (TPSA) is 55.1 Å². The average molecular weight is 303 g/mol. The lowest BCUT2D eigenvalue weighted by Gasteiger charge is -2.15. The number of hydrogen-bond donors (Lipinski definition) is 2. The Morgan fingerprint density at radius 1 is 1.10 bits per heavy atom. The molecule has 21 heavy (non-hydrogen) atoms. The van der Waals surface area contributed by atoms with E-state index in [1.807, 2.05) is 48.5 Å². The van der Waals surface area contributed by atoms with Crippen LogP contribution in [-0.4, -0.2) is 11.9 Å². The molecule has 0 aliphatic heterocycles. The highest BCUT2D eigenvalue weighted by molar-refractivity contribution is 6.30. The summed E-state index contributed by atoms with van der Waals surface area (Å²) < 4.78 is 0. The Labute approximate surface area is 130 Å². The van der Waals surface area contributed by atoms with Crippen molar-refractivity contribution in [1.29, 1.82) is 0 Å². The van der Waals surface area contributed by atoms with E-state index in [1.165, 1.54) is 5.56 Å². The zero-order valence-corrected chi connectivity index (χ0v) is 12.7. The van der Waals surface area contributed by atoms with Crippen molar-refractivity contribution in [2.24, 2.45) is 5.73 Å². The van der Waals surface area contributed by atoms with Gasteiger partial charge < -0.3 is 11.1 Å². The maximum Gasteiger partial charge on any atom is 0.221 e. The highest BCUT2D eigenvalue weighted by Gasteiger charge is 2.04. The molecule has 0 aromatic heterocycles. The van der Waals surface area contributed by atoms with E-state index < -0.39 is 0 Å².